The maximum atomic E-state index is 8.65. The third-order valence-corrected chi connectivity index (χ3v) is 2.93. The molecule has 1 aliphatic heterocycles. The van der Waals surface area contributed by atoms with Gasteiger partial charge in [-0.3, -0.25) is 0 Å². The van der Waals surface area contributed by atoms with Gasteiger partial charge in [-0.2, -0.15) is 0 Å². The minimum Gasteiger partial charge on any atom is -0.409 e. The molecule has 1 atom stereocenters. The van der Waals surface area contributed by atoms with Crippen LogP contribution in [0.1, 0.15) is 12.5 Å². The number of hydrogen-bond donors (Lipinski definition) is 2. The molecule has 2 rings (SSSR count). The van der Waals surface area contributed by atoms with Crippen molar-refractivity contribution in [3.05, 3.63) is 29.8 Å². The maximum absolute atomic E-state index is 8.65. The van der Waals surface area contributed by atoms with Gasteiger partial charge in [0.2, 0.25) is 0 Å². The van der Waals surface area contributed by atoms with Crippen molar-refractivity contribution in [2.45, 2.75) is 19.4 Å². The molecule has 0 saturated carbocycles. The molecule has 1 heterocycles. The van der Waals surface area contributed by atoms with Gasteiger partial charge in [-0.05, 0) is 25.0 Å². The first-order chi connectivity index (χ1) is 7.24. The molecule has 3 N–H and O–H groups in total. The SMILES string of the molecule is CC(/C(N)=N/O)N1CCc2ccccc21.Cl. The Bertz CT molecular complexity index is 395. The van der Waals surface area contributed by atoms with Crippen LogP contribution in [0, 0.1) is 0 Å². The largest absolute Gasteiger partial charge is 0.409 e. The van der Waals surface area contributed by atoms with Crippen LogP contribution in [-0.4, -0.2) is 23.6 Å². The average Bonchev–Trinajstić information content (AvgIpc) is 2.70. The minimum atomic E-state index is -0.0568. The van der Waals surface area contributed by atoms with E-state index in [1.165, 1.54) is 11.3 Å². The Labute approximate surface area is 101 Å². The number of halogens is 1. The number of fused-ring (bicyclic) bond motifs is 1. The van der Waals surface area contributed by atoms with Crippen LogP contribution in [0.15, 0.2) is 29.4 Å². The fourth-order valence-corrected chi connectivity index (χ4v) is 2.01. The van der Waals surface area contributed by atoms with Crippen molar-refractivity contribution >= 4 is 23.9 Å². The molecule has 0 fully saturated rings. The van der Waals surface area contributed by atoms with E-state index in [0.29, 0.717) is 0 Å². The van der Waals surface area contributed by atoms with Crippen molar-refractivity contribution in [1.82, 2.24) is 0 Å². The maximum Gasteiger partial charge on any atom is 0.161 e. The number of oxime groups is 1. The fraction of sp³-hybridized carbons (Fsp3) is 0.364. The van der Waals surface area contributed by atoms with Gasteiger partial charge in [-0.1, -0.05) is 23.4 Å². The van der Waals surface area contributed by atoms with Gasteiger partial charge in [0.05, 0.1) is 6.04 Å². The lowest BCUT2D eigenvalue weighted by Crippen LogP contribution is -2.42. The molecule has 88 valence electrons. The Morgan fingerprint density at radius 3 is 2.88 bits per heavy atom. The second kappa shape index (κ2) is 5.07. The highest BCUT2D eigenvalue weighted by Gasteiger charge is 2.24. The van der Waals surface area contributed by atoms with E-state index in [1.807, 2.05) is 19.1 Å². The van der Waals surface area contributed by atoms with Gasteiger partial charge in [0.25, 0.3) is 0 Å². The monoisotopic (exact) mass is 241 g/mol. The van der Waals surface area contributed by atoms with Crippen molar-refractivity contribution in [1.29, 1.82) is 0 Å². The Kier molecular flexibility index (Phi) is 4.01. The Morgan fingerprint density at radius 1 is 1.50 bits per heavy atom. The average molecular weight is 242 g/mol. The molecule has 0 amide bonds. The predicted molar refractivity (Wildman–Crippen MR) is 67.6 cm³/mol. The van der Waals surface area contributed by atoms with Crippen LogP contribution < -0.4 is 10.6 Å². The highest BCUT2D eigenvalue weighted by molar-refractivity contribution is 5.88. The quantitative estimate of drug-likeness (QED) is 0.358. The first-order valence-corrected chi connectivity index (χ1v) is 5.06. The van der Waals surface area contributed by atoms with E-state index in [1.54, 1.807) is 0 Å². The molecule has 0 bridgehead atoms. The van der Waals surface area contributed by atoms with E-state index < -0.39 is 0 Å². The molecular formula is C11H16ClN3O. The molecule has 1 aliphatic rings. The topological polar surface area (TPSA) is 61.9 Å². The number of benzene rings is 1. The first kappa shape index (κ1) is 12.6. The smallest absolute Gasteiger partial charge is 0.161 e. The zero-order valence-corrected chi connectivity index (χ0v) is 9.94. The van der Waals surface area contributed by atoms with Crippen LogP contribution in [0.2, 0.25) is 0 Å². The van der Waals surface area contributed by atoms with Crippen molar-refractivity contribution in [2.75, 3.05) is 11.4 Å². The summed E-state index contributed by atoms with van der Waals surface area (Å²) < 4.78 is 0. The Morgan fingerprint density at radius 2 is 2.19 bits per heavy atom. The van der Waals surface area contributed by atoms with Gasteiger partial charge < -0.3 is 15.8 Å². The summed E-state index contributed by atoms with van der Waals surface area (Å²) in [4.78, 5) is 2.16. The molecule has 0 radical (unpaired) electrons. The van der Waals surface area contributed by atoms with Gasteiger partial charge >= 0.3 is 0 Å². The van der Waals surface area contributed by atoms with Crippen LogP contribution in [-0.2, 0) is 6.42 Å². The molecule has 0 spiro atoms. The second-order valence-electron chi connectivity index (χ2n) is 3.77. The predicted octanol–water partition coefficient (Wildman–Crippen LogP) is 1.61. The molecule has 0 saturated heterocycles. The molecule has 1 aromatic carbocycles. The zero-order chi connectivity index (χ0) is 10.8. The highest BCUT2D eigenvalue weighted by atomic mass is 35.5. The number of amidine groups is 1. The number of anilines is 1. The van der Waals surface area contributed by atoms with Crippen molar-refractivity contribution < 1.29 is 5.21 Å². The number of para-hydroxylation sites is 1. The number of nitrogens with two attached hydrogens (primary N) is 1. The molecule has 1 unspecified atom stereocenters. The van der Waals surface area contributed by atoms with Crippen LogP contribution in [0.3, 0.4) is 0 Å². The molecular weight excluding hydrogens is 226 g/mol. The highest BCUT2D eigenvalue weighted by Crippen LogP contribution is 2.28. The van der Waals surface area contributed by atoms with Crippen LogP contribution in [0.25, 0.3) is 0 Å². The molecule has 5 heteroatoms. The summed E-state index contributed by atoms with van der Waals surface area (Å²) in [7, 11) is 0. The normalized spacial score (nSPS) is 16.6. The van der Waals surface area contributed by atoms with E-state index >= 15 is 0 Å². The van der Waals surface area contributed by atoms with Crippen LogP contribution in [0.4, 0.5) is 5.69 Å². The summed E-state index contributed by atoms with van der Waals surface area (Å²) in [6.07, 6.45) is 1.03. The minimum absolute atomic E-state index is 0. The number of nitrogens with zero attached hydrogens (tertiary/aromatic N) is 2. The van der Waals surface area contributed by atoms with E-state index in [2.05, 4.69) is 22.2 Å². The van der Waals surface area contributed by atoms with Gasteiger partial charge in [0.1, 0.15) is 0 Å². The number of rotatable bonds is 2. The van der Waals surface area contributed by atoms with E-state index in [4.69, 9.17) is 10.9 Å². The van der Waals surface area contributed by atoms with Gasteiger partial charge in [0, 0.05) is 12.2 Å². The van der Waals surface area contributed by atoms with Gasteiger partial charge in [0.15, 0.2) is 5.84 Å². The lowest BCUT2D eigenvalue weighted by molar-refractivity contribution is 0.316. The van der Waals surface area contributed by atoms with Gasteiger partial charge in [-0.25, -0.2) is 0 Å². The summed E-state index contributed by atoms with van der Waals surface area (Å²) in [5.74, 6) is 0.256. The summed E-state index contributed by atoms with van der Waals surface area (Å²) >= 11 is 0. The Balaban J connectivity index is 0.00000128. The summed E-state index contributed by atoms with van der Waals surface area (Å²) in [6, 6.07) is 8.18. The zero-order valence-electron chi connectivity index (χ0n) is 9.13. The lowest BCUT2D eigenvalue weighted by Gasteiger charge is -2.25. The number of hydrogen-bond acceptors (Lipinski definition) is 3. The standard InChI is InChI=1S/C11H15N3O.ClH/c1-8(11(12)13-15)14-7-6-9-4-2-3-5-10(9)14;/h2-5,8,15H,6-7H2,1H3,(H2,12,13);1H. The van der Waals surface area contributed by atoms with Crippen molar-refractivity contribution in [3.63, 3.8) is 0 Å². The lowest BCUT2D eigenvalue weighted by atomic mass is 10.2. The first-order valence-electron chi connectivity index (χ1n) is 5.06. The summed E-state index contributed by atoms with van der Waals surface area (Å²) in [5, 5.41) is 11.7. The molecule has 1 aromatic rings. The van der Waals surface area contributed by atoms with Crippen LogP contribution in [0.5, 0.6) is 0 Å². The third-order valence-electron chi connectivity index (χ3n) is 2.93. The van der Waals surface area contributed by atoms with Crippen LogP contribution >= 0.6 is 12.4 Å². The molecule has 0 aromatic heterocycles. The summed E-state index contributed by atoms with van der Waals surface area (Å²) in [6.45, 7) is 2.87. The fourth-order valence-electron chi connectivity index (χ4n) is 2.01. The van der Waals surface area contributed by atoms with Crippen molar-refractivity contribution in [3.8, 4) is 0 Å². The summed E-state index contributed by atoms with van der Waals surface area (Å²) in [5.41, 5.74) is 8.13. The Hall–Kier alpha value is -1.42. The van der Waals surface area contributed by atoms with E-state index in [0.717, 1.165) is 13.0 Å². The van der Waals surface area contributed by atoms with Gasteiger partial charge in [-0.15, -0.1) is 12.4 Å². The molecule has 0 aliphatic carbocycles. The van der Waals surface area contributed by atoms with E-state index in [-0.39, 0.29) is 24.3 Å². The third kappa shape index (κ3) is 2.07. The molecule has 16 heavy (non-hydrogen) atoms. The second-order valence-corrected chi connectivity index (χ2v) is 3.77. The van der Waals surface area contributed by atoms with E-state index in [9.17, 15) is 0 Å². The van der Waals surface area contributed by atoms with Crippen molar-refractivity contribution in [2.24, 2.45) is 10.9 Å². The molecule has 4 nitrogen and oxygen atoms in total.